The number of hydrogen-bond acceptors (Lipinski definition) is 1. The first-order valence-electron chi connectivity index (χ1n) is 7.18. The fourth-order valence-corrected chi connectivity index (χ4v) is 3.67. The van der Waals surface area contributed by atoms with Crippen molar-refractivity contribution in [1.82, 2.24) is 4.57 Å². The molecule has 2 rings (SSSR count). The fraction of sp³-hybridized carbons (Fsp3) is 0.500. The predicted octanol–water partition coefficient (Wildman–Crippen LogP) is 5.34. The van der Waals surface area contributed by atoms with Crippen LogP contribution in [0.15, 0.2) is 34.9 Å². The second-order valence-electron chi connectivity index (χ2n) is 6.83. The Morgan fingerprint density at radius 3 is 2.55 bits per heavy atom. The first kappa shape index (κ1) is 15.8. The number of hydrogen-bond donors (Lipinski definition) is 0. The Kier molecular flexibility index (Phi) is 4.77. The highest BCUT2D eigenvalue weighted by Crippen LogP contribution is 2.32. The topological polar surface area (TPSA) is 14.2 Å². The Morgan fingerprint density at radius 2 is 1.95 bits per heavy atom. The summed E-state index contributed by atoms with van der Waals surface area (Å²) in [6.45, 7) is 11.3. The third-order valence-electron chi connectivity index (χ3n) is 3.21. The zero-order valence-electron chi connectivity index (χ0n) is 13.0. The lowest BCUT2D eigenvalue weighted by Crippen LogP contribution is -2.23. The molecule has 4 heteroatoms. The van der Waals surface area contributed by atoms with Crippen molar-refractivity contribution in [2.24, 2.45) is 5.41 Å². The molecule has 0 aliphatic carbocycles. The molecule has 0 aliphatic heterocycles. The van der Waals surface area contributed by atoms with Gasteiger partial charge in [-0.2, -0.15) is 0 Å². The van der Waals surface area contributed by atoms with E-state index < -0.39 is 9.04 Å². The molecular weight excluding hydrogens is 330 g/mol. The van der Waals surface area contributed by atoms with Crippen LogP contribution >= 0.6 is 15.9 Å². The van der Waals surface area contributed by atoms with Gasteiger partial charge >= 0.3 is 0 Å². The predicted molar refractivity (Wildman–Crippen MR) is 92.7 cm³/mol. The summed E-state index contributed by atoms with van der Waals surface area (Å²) >= 11 is 3.53. The highest BCUT2D eigenvalue weighted by molar-refractivity contribution is 9.10. The molecule has 0 saturated heterocycles. The van der Waals surface area contributed by atoms with E-state index in [0.717, 1.165) is 10.9 Å². The van der Waals surface area contributed by atoms with Gasteiger partial charge < -0.3 is 8.99 Å². The van der Waals surface area contributed by atoms with Crippen molar-refractivity contribution in [3.63, 3.8) is 0 Å². The molecule has 0 bridgehead atoms. The van der Waals surface area contributed by atoms with E-state index in [1.54, 1.807) is 0 Å². The van der Waals surface area contributed by atoms with Gasteiger partial charge in [-0.15, -0.1) is 0 Å². The van der Waals surface area contributed by atoms with Gasteiger partial charge in [0.2, 0.25) is 0 Å². The summed E-state index contributed by atoms with van der Waals surface area (Å²) in [5.41, 5.74) is 1.50. The van der Waals surface area contributed by atoms with Crippen LogP contribution in [-0.2, 0) is 4.43 Å². The summed E-state index contributed by atoms with van der Waals surface area (Å²) in [6.07, 6.45) is 3.32. The van der Waals surface area contributed by atoms with Crippen LogP contribution in [0.1, 0.15) is 33.4 Å². The molecule has 0 radical (unpaired) electrons. The van der Waals surface area contributed by atoms with Crippen molar-refractivity contribution in [1.29, 1.82) is 0 Å². The quantitative estimate of drug-likeness (QED) is 0.676. The lowest BCUT2D eigenvalue weighted by atomic mass is 9.91. The third kappa shape index (κ3) is 3.96. The van der Waals surface area contributed by atoms with Gasteiger partial charge in [0.15, 0.2) is 9.04 Å². The molecule has 0 N–H and O–H groups in total. The average Bonchev–Trinajstić information content (AvgIpc) is 2.68. The average molecular weight is 354 g/mol. The molecule has 0 fully saturated rings. The van der Waals surface area contributed by atoms with Crippen molar-refractivity contribution in [3.05, 3.63) is 34.9 Å². The van der Waals surface area contributed by atoms with E-state index in [9.17, 15) is 0 Å². The molecule has 110 valence electrons. The first-order chi connectivity index (χ1) is 9.26. The summed E-state index contributed by atoms with van der Waals surface area (Å²) < 4.78 is 9.71. The Morgan fingerprint density at radius 1 is 1.25 bits per heavy atom. The lowest BCUT2D eigenvalue weighted by Gasteiger charge is -2.29. The minimum absolute atomic E-state index is 0.139. The van der Waals surface area contributed by atoms with Crippen LogP contribution in [0.25, 0.3) is 10.9 Å². The Hall–Kier alpha value is -0.583. The molecule has 0 amide bonds. The maximum Gasteiger partial charge on any atom is 0.173 e. The largest absolute Gasteiger partial charge is 0.401 e. The van der Waals surface area contributed by atoms with Gasteiger partial charge in [-0.05, 0) is 49.2 Å². The molecule has 1 aromatic carbocycles. The monoisotopic (exact) mass is 353 g/mol. The second-order valence-corrected chi connectivity index (χ2v) is 10.1. The van der Waals surface area contributed by atoms with Gasteiger partial charge in [-0.3, -0.25) is 0 Å². The molecule has 20 heavy (non-hydrogen) atoms. The smallest absolute Gasteiger partial charge is 0.173 e. The molecular formula is C16H24BrNOSi. The van der Waals surface area contributed by atoms with E-state index in [4.69, 9.17) is 4.43 Å². The minimum Gasteiger partial charge on any atom is -0.401 e. The van der Waals surface area contributed by atoms with Crippen LogP contribution < -0.4 is 0 Å². The second kappa shape index (κ2) is 6.04. The number of nitrogens with zero attached hydrogens (tertiary/aromatic N) is 1. The van der Waals surface area contributed by atoms with Gasteiger partial charge in [0.05, 0.1) is 5.52 Å². The number of fused-ring (bicyclic) bond motifs is 1. The first-order valence-corrected chi connectivity index (χ1v) is 10.8. The summed E-state index contributed by atoms with van der Waals surface area (Å²) in [4.78, 5) is 0. The normalized spacial score (nSPS) is 14.2. The van der Waals surface area contributed by atoms with Gasteiger partial charge in [-0.1, -0.05) is 36.7 Å². The molecule has 1 unspecified atom stereocenters. The molecule has 0 aliphatic rings. The van der Waals surface area contributed by atoms with Crippen LogP contribution in [0.5, 0.6) is 0 Å². The molecule has 1 atom stereocenters. The molecule has 0 spiro atoms. The summed E-state index contributed by atoms with van der Waals surface area (Å²) in [6, 6.07) is 8.59. The van der Waals surface area contributed by atoms with Crippen LogP contribution in [0, 0.1) is 5.41 Å². The lowest BCUT2D eigenvalue weighted by molar-refractivity contribution is 0.0871. The third-order valence-corrected chi connectivity index (χ3v) is 4.56. The number of halogens is 1. The van der Waals surface area contributed by atoms with Crippen molar-refractivity contribution >= 4 is 35.9 Å². The van der Waals surface area contributed by atoms with Crippen LogP contribution in [0.4, 0.5) is 0 Å². The fourth-order valence-electron chi connectivity index (χ4n) is 2.44. The van der Waals surface area contributed by atoms with Crippen LogP contribution in [0.3, 0.4) is 0 Å². The maximum absolute atomic E-state index is 6.30. The van der Waals surface area contributed by atoms with Gasteiger partial charge in [0.1, 0.15) is 6.23 Å². The summed E-state index contributed by atoms with van der Waals surface area (Å²) in [7, 11) is -1.08. The highest BCUT2D eigenvalue weighted by atomic mass is 79.9. The maximum atomic E-state index is 6.30. The summed E-state index contributed by atoms with van der Waals surface area (Å²) in [5.74, 6) is 0. The standard InChI is InChI=1S/C16H24BrNOSi/c1-16(2,3)11-15(19-20(4)5)18-9-8-12-10-13(17)6-7-14(12)18/h6-10,15,20H,11H2,1-5H3. The van der Waals surface area contributed by atoms with Crippen LogP contribution in [0.2, 0.25) is 13.1 Å². The number of benzene rings is 1. The number of aromatic nitrogens is 1. The van der Waals surface area contributed by atoms with E-state index in [-0.39, 0.29) is 11.6 Å². The molecule has 1 aromatic heterocycles. The van der Waals surface area contributed by atoms with Crippen molar-refractivity contribution in [2.45, 2.75) is 46.5 Å². The van der Waals surface area contributed by atoms with Crippen LogP contribution in [-0.4, -0.2) is 13.6 Å². The van der Waals surface area contributed by atoms with Crippen molar-refractivity contribution in [3.8, 4) is 0 Å². The van der Waals surface area contributed by atoms with Gasteiger partial charge in [-0.25, -0.2) is 0 Å². The Balaban J connectivity index is 2.40. The van der Waals surface area contributed by atoms with Crippen molar-refractivity contribution in [2.75, 3.05) is 0 Å². The zero-order valence-corrected chi connectivity index (χ0v) is 15.7. The SMILES string of the molecule is C[SiH](C)OC(CC(C)(C)C)n1ccc2cc(Br)ccc21. The highest BCUT2D eigenvalue weighted by Gasteiger charge is 2.22. The summed E-state index contributed by atoms with van der Waals surface area (Å²) in [5, 5.41) is 1.26. The number of rotatable bonds is 4. The van der Waals surface area contributed by atoms with E-state index in [0.29, 0.717) is 0 Å². The van der Waals surface area contributed by atoms with E-state index in [1.165, 1.54) is 10.9 Å². The minimum atomic E-state index is -1.08. The molecule has 1 heterocycles. The molecule has 2 aromatic rings. The Labute approximate surface area is 132 Å². The van der Waals surface area contributed by atoms with Gasteiger partial charge in [0, 0.05) is 16.1 Å². The van der Waals surface area contributed by atoms with Crippen molar-refractivity contribution < 1.29 is 4.43 Å². The Bertz CT molecular complexity index is 586. The van der Waals surface area contributed by atoms with E-state index in [2.05, 4.69) is 84.8 Å². The van der Waals surface area contributed by atoms with E-state index >= 15 is 0 Å². The molecule has 0 saturated carbocycles. The molecule has 2 nitrogen and oxygen atoms in total. The van der Waals surface area contributed by atoms with E-state index in [1.807, 2.05) is 0 Å². The van der Waals surface area contributed by atoms with Gasteiger partial charge in [0.25, 0.3) is 0 Å². The zero-order chi connectivity index (χ0) is 14.9.